The van der Waals surface area contributed by atoms with E-state index in [4.69, 9.17) is 0 Å². The molecule has 6 heteroatoms. The molecule has 0 radical (unpaired) electrons. The van der Waals surface area contributed by atoms with Crippen molar-refractivity contribution in [2.75, 3.05) is 19.6 Å². The van der Waals surface area contributed by atoms with E-state index in [2.05, 4.69) is 17.6 Å². The summed E-state index contributed by atoms with van der Waals surface area (Å²) in [4.78, 5) is 12.1. The Balaban J connectivity index is 1.96. The first kappa shape index (κ1) is 15.6. The second-order valence-electron chi connectivity index (χ2n) is 6.24. The fourth-order valence-corrected chi connectivity index (χ4v) is 3.35. The van der Waals surface area contributed by atoms with E-state index in [0.29, 0.717) is 18.4 Å². The molecule has 2 fully saturated rings. The summed E-state index contributed by atoms with van der Waals surface area (Å²) in [6.45, 7) is 2.43. The van der Waals surface area contributed by atoms with Gasteiger partial charge in [0, 0.05) is 13.1 Å². The van der Waals surface area contributed by atoms with Gasteiger partial charge in [-0.25, -0.2) is 0 Å². The number of hydrogen-bond donors (Lipinski definition) is 2. The molecule has 1 aliphatic heterocycles. The predicted octanol–water partition coefficient (Wildman–Crippen LogP) is 2.47. The largest absolute Gasteiger partial charge is 0.404 e. The Bertz CT molecular complexity index is 351. The highest BCUT2D eigenvalue weighted by Crippen LogP contribution is 2.43. The Morgan fingerprint density at radius 2 is 2.05 bits per heavy atom. The molecule has 3 nitrogen and oxygen atoms in total. The van der Waals surface area contributed by atoms with Crippen molar-refractivity contribution in [2.45, 2.75) is 45.2 Å². The lowest BCUT2D eigenvalue weighted by Gasteiger charge is -2.32. The number of hydrogen-bond acceptors (Lipinski definition) is 2. The zero-order valence-corrected chi connectivity index (χ0v) is 11.9. The smallest absolute Gasteiger partial charge is 0.355 e. The van der Waals surface area contributed by atoms with E-state index < -0.39 is 17.5 Å². The molecule has 2 rings (SSSR count). The standard InChI is InChI=1S/C14H23F3N2O/c1-10-4-2-3-5-11(10)8-19-12(20)13(14(15,16)17)6-7-18-9-13/h10-11,18H,2-9H2,1H3,(H,19,20). The van der Waals surface area contributed by atoms with Crippen molar-refractivity contribution >= 4 is 5.91 Å². The van der Waals surface area contributed by atoms with Crippen molar-refractivity contribution in [2.24, 2.45) is 17.3 Å². The van der Waals surface area contributed by atoms with E-state index in [1.54, 1.807) is 0 Å². The molecule has 116 valence electrons. The third-order valence-corrected chi connectivity index (χ3v) is 4.95. The highest BCUT2D eigenvalue weighted by atomic mass is 19.4. The molecule has 1 saturated carbocycles. The van der Waals surface area contributed by atoms with Gasteiger partial charge in [0.25, 0.3) is 0 Å². The van der Waals surface area contributed by atoms with Gasteiger partial charge in [-0.2, -0.15) is 13.2 Å². The van der Waals surface area contributed by atoms with Crippen LogP contribution in [-0.4, -0.2) is 31.7 Å². The van der Waals surface area contributed by atoms with Gasteiger partial charge in [0.05, 0.1) is 0 Å². The average Bonchev–Trinajstić information content (AvgIpc) is 2.87. The van der Waals surface area contributed by atoms with Crippen LogP contribution in [0.25, 0.3) is 0 Å². The maximum Gasteiger partial charge on any atom is 0.404 e. The first-order valence-electron chi connectivity index (χ1n) is 7.42. The van der Waals surface area contributed by atoms with Crippen LogP contribution in [0, 0.1) is 17.3 Å². The number of nitrogens with one attached hydrogen (secondary N) is 2. The number of halogens is 3. The van der Waals surface area contributed by atoms with Crippen molar-refractivity contribution in [3.05, 3.63) is 0 Å². The lowest BCUT2D eigenvalue weighted by molar-refractivity contribution is -0.216. The van der Waals surface area contributed by atoms with Gasteiger partial charge >= 0.3 is 6.18 Å². The molecule has 0 aromatic rings. The van der Waals surface area contributed by atoms with Crippen LogP contribution >= 0.6 is 0 Å². The van der Waals surface area contributed by atoms with Crippen molar-refractivity contribution in [1.82, 2.24) is 10.6 Å². The second-order valence-corrected chi connectivity index (χ2v) is 6.24. The quantitative estimate of drug-likeness (QED) is 0.839. The van der Waals surface area contributed by atoms with Gasteiger partial charge in [-0.3, -0.25) is 4.79 Å². The Morgan fingerprint density at radius 3 is 2.60 bits per heavy atom. The summed E-state index contributed by atoms with van der Waals surface area (Å²) in [5, 5.41) is 5.24. The van der Waals surface area contributed by atoms with E-state index in [1.165, 1.54) is 6.42 Å². The normalized spacial score (nSPS) is 35.0. The van der Waals surface area contributed by atoms with Gasteiger partial charge in [-0.1, -0.05) is 26.2 Å². The Morgan fingerprint density at radius 1 is 1.35 bits per heavy atom. The molecule has 1 saturated heterocycles. The maximum atomic E-state index is 13.2. The van der Waals surface area contributed by atoms with Gasteiger partial charge in [0.15, 0.2) is 5.41 Å². The molecule has 1 heterocycles. The number of carbonyl (C=O) groups excluding carboxylic acids is 1. The van der Waals surface area contributed by atoms with E-state index in [0.717, 1.165) is 19.3 Å². The van der Waals surface area contributed by atoms with Crippen LogP contribution in [0.3, 0.4) is 0 Å². The van der Waals surface area contributed by atoms with Crippen molar-refractivity contribution in [1.29, 1.82) is 0 Å². The first-order valence-corrected chi connectivity index (χ1v) is 7.42. The number of rotatable bonds is 3. The lowest BCUT2D eigenvalue weighted by atomic mass is 9.80. The average molecular weight is 292 g/mol. The van der Waals surface area contributed by atoms with Gasteiger partial charge < -0.3 is 10.6 Å². The summed E-state index contributed by atoms with van der Waals surface area (Å²) in [6, 6.07) is 0. The summed E-state index contributed by atoms with van der Waals surface area (Å²) in [5.74, 6) is -0.0623. The Labute approximate surface area is 117 Å². The Hall–Kier alpha value is -0.780. The van der Waals surface area contributed by atoms with E-state index in [1.807, 2.05) is 0 Å². The van der Waals surface area contributed by atoms with Crippen LogP contribution in [-0.2, 0) is 4.79 Å². The third kappa shape index (κ3) is 2.95. The van der Waals surface area contributed by atoms with Crippen molar-refractivity contribution < 1.29 is 18.0 Å². The fraction of sp³-hybridized carbons (Fsp3) is 0.929. The second kappa shape index (κ2) is 5.92. The van der Waals surface area contributed by atoms with Crippen LogP contribution in [0.5, 0.6) is 0 Å². The van der Waals surface area contributed by atoms with Gasteiger partial charge in [0.1, 0.15) is 0 Å². The molecule has 2 aliphatic rings. The van der Waals surface area contributed by atoms with Crippen molar-refractivity contribution in [3.63, 3.8) is 0 Å². The van der Waals surface area contributed by atoms with Crippen LogP contribution in [0.2, 0.25) is 0 Å². The maximum absolute atomic E-state index is 13.2. The third-order valence-electron chi connectivity index (χ3n) is 4.95. The molecular formula is C14H23F3N2O. The van der Waals surface area contributed by atoms with Crippen molar-refractivity contribution in [3.8, 4) is 0 Å². The molecule has 0 aromatic carbocycles. The zero-order valence-electron chi connectivity index (χ0n) is 11.9. The molecule has 1 amide bonds. The molecule has 3 unspecified atom stereocenters. The van der Waals surface area contributed by atoms with Crippen LogP contribution < -0.4 is 10.6 Å². The minimum absolute atomic E-state index is 0.164. The number of alkyl halides is 3. The van der Waals surface area contributed by atoms with Crippen LogP contribution in [0.4, 0.5) is 13.2 Å². The summed E-state index contributed by atoms with van der Waals surface area (Å²) in [7, 11) is 0. The molecule has 0 bridgehead atoms. The molecular weight excluding hydrogens is 269 g/mol. The van der Waals surface area contributed by atoms with Crippen LogP contribution in [0.1, 0.15) is 39.0 Å². The minimum atomic E-state index is -4.49. The lowest BCUT2D eigenvalue weighted by Crippen LogP contribution is -2.53. The van der Waals surface area contributed by atoms with Crippen LogP contribution in [0.15, 0.2) is 0 Å². The summed E-state index contributed by atoms with van der Waals surface area (Å²) in [6.07, 6.45) is -0.259. The minimum Gasteiger partial charge on any atom is -0.355 e. The summed E-state index contributed by atoms with van der Waals surface area (Å²) in [5.41, 5.74) is -2.23. The molecule has 1 aliphatic carbocycles. The SMILES string of the molecule is CC1CCCCC1CNC(=O)C1(C(F)(F)F)CCNC1. The number of amides is 1. The van der Waals surface area contributed by atoms with Gasteiger partial charge in [-0.15, -0.1) is 0 Å². The topological polar surface area (TPSA) is 41.1 Å². The van der Waals surface area contributed by atoms with Gasteiger partial charge in [0.2, 0.25) is 5.91 Å². The zero-order chi connectivity index (χ0) is 14.8. The highest BCUT2D eigenvalue weighted by Gasteiger charge is 2.61. The first-order chi connectivity index (χ1) is 9.37. The summed E-state index contributed by atoms with van der Waals surface area (Å²) < 4.78 is 39.6. The van der Waals surface area contributed by atoms with E-state index in [-0.39, 0.29) is 19.5 Å². The monoisotopic (exact) mass is 292 g/mol. The van der Waals surface area contributed by atoms with E-state index >= 15 is 0 Å². The Kier molecular flexibility index (Phi) is 4.62. The molecule has 20 heavy (non-hydrogen) atoms. The van der Waals surface area contributed by atoms with E-state index in [9.17, 15) is 18.0 Å². The number of carbonyl (C=O) groups is 1. The molecule has 2 N–H and O–H groups in total. The van der Waals surface area contributed by atoms with Gasteiger partial charge in [-0.05, 0) is 31.2 Å². The molecule has 0 aromatic heterocycles. The molecule has 0 spiro atoms. The molecule has 3 atom stereocenters. The predicted molar refractivity (Wildman–Crippen MR) is 70.1 cm³/mol. The summed E-state index contributed by atoms with van der Waals surface area (Å²) >= 11 is 0. The highest BCUT2D eigenvalue weighted by molar-refractivity contribution is 5.84. The fourth-order valence-electron chi connectivity index (χ4n) is 3.35.